The second kappa shape index (κ2) is 7.02. The van der Waals surface area contributed by atoms with Crippen LogP contribution in [0.5, 0.6) is 0 Å². The van der Waals surface area contributed by atoms with Crippen molar-refractivity contribution >= 4 is 0 Å². The van der Waals surface area contributed by atoms with E-state index in [1.807, 2.05) is 18.2 Å². The number of hydrogen-bond acceptors (Lipinski definition) is 4. The number of benzene rings is 1. The van der Waals surface area contributed by atoms with Crippen molar-refractivity contribution in [1.29, 1.82) is 15.8 Å². The molecule has 3 rings (SSSR count). The Hall–Kier alpha value is -3.17. The van der Waals surface area contributed by atoms with Crippen molar-refractivity contribution in [2.45, 2.75) is 39.5 Å². The van der Waals surface area contributed by atoms with Crippen LogP contribution in [0.1, 0.15) is 45.1 Å². The zero-order chi connectivity index (χ0) is 21.6. The van der Waals surface area contributed by atoms with E-state index < -0.39 is 28.9 Å². The summed E-state index contributed by atoms with van der Waals surface area (Å²) in [6.07, 6.45) is 3.22. The first-order chi connectivity index (χ1) is 13.6. The Morgan fingerprint density at radius 1 is 1.14 bits per heavy atom. The average molecular weight is 392 g/mol. The molecule has 2 N–H and O–H groups in total. The van der Waals surface area contributed by atoms with Crippen molar-refractivity contribution in [2.75, 3.05) is 0 Å². The molecule has 1 aromatic rings. The molecule has 29 heavy (non-hydrogen) atoms. The summed E-state index contributed by atoms with van der Waals surface area (Å²) in [7, 11) is 0. The van der Waals surface area contributed by atoms with Crippen molar-refractivity contribution in [2.24, 2.45) is 28.4 Å². The van der Waals surface area contributed by atoms with Crippen LogP contribution in [-0.2, 0) is 0 Å². The Bertz CT molecular complexity index is 1030. The Labute approximate surface area is 169 Å². The zero-order valence-electron chi connectivity index (χ0n) is 16.6. The second-order valence-corrected chi connectivity index (χ2v) is 8.88. The van der Waals surface area contributed by atoms with Gasteiger partial charge in [-0.2, -0.15) is 15.8 Å². The molecule has 6 heteroatoms. The first kappa shape index (κ1) is 20.6. The predicted molar refractivity (Wildman–Crippen MR) is 103 cm³/mol. The van der Waals surface area contributed by atoms with Crippen LogP contribution >= 0.6 is 0 Å². The highest BCUT2D eigenvalue weighted by Gasteiger charge is 2.55. The third-order valence-corrected chi connectivity index (χ3v) is 6.40. The van der Waals surface area contributed by atoms with Crippen LogP contribution in [0.4, 0.5) is 8.78 Å². The van der Waals surface area contributed by atoms with Crippen molar-refractivity contribution in [3.8, 4) is 18.2 Å². The van der Waals surface area contributed by atoms with E-state index in [9.17, 15) is 24.6 Å². The van der Waals surface area contributed by atoms with E-state index in [4.69, 9.17) is 5.73 Å². The average Bonchev–Trinajstić information content (AvgIpc) is 2.67. The molecule has 3 atom stereocenters. The lowest BCUT2D eigenvalue weighted by molar-refractivity contribution is 0.169. The molecular weight excluding hydrogens is 370 g/mol. The third-order valence-electron chi connectivity index (χ3n) is 6.40. The van der Waals surface area contributed by atoms with E-state index >= 15 is 0 Å². The monoisotopic (exact) mass is 392 g/mol. The Kier molecular flexibility index (Phi) is 4.97. The van der Waals surface area contributed by atoms with Crippen LogP contribution in [0, 0.1) is 68.3 Å². The molecule has 0 unspecified atom stereocenters. The van der Waals surface area contributed by atoms with Gasteiger partial charge in [0.15, 0.2) is 5.41 Å². The van der Waals surface area contributed by atoms with Gasteiger partial charge in [0, 0.05) is 12.0 Å². The first-order valence-electron chi connectivity index (χ1n) is 9.49. The molecular formula is C23H22F2N4. The topological polar surface area (TPSA) is 97.4 Å². The first-order valence-corrected chi connectivity index (χ1v) is 9.49. The van der Waals surface area contributed by atoms with Crippen LogP contribution in [0.2, 0.25) is 0 Å². The molecule has 148 valence electrons. The normalized spacial score (nSPS) is 25.9. The summed E-state index contributed by atoms with van der Waals surface area (Å²) in [4.78, 5) is 0. The number of halogens is 2. The highest BCUT2D eigenvalue weighted by molar-refractivity contribution is 5.59. The number of nitrogens with two attached hydrogens (primary N) is 1. The summed E-state index contributed by atoms with van der Waals surface area (Å²) in [6.45, 7) is 6.30. The summed E-state index contributed by atoms with van der Waals surface area (Å²) in [6, 6.07) is 9.15. The number of nitrogens with zero attached hydrogens (tertiary/aromatic N) is 3. The van der Waals surface area contributed by atoms with Crippen LogP contribution in [0.15, 0.2) is 41.1 Å². The van der Waals surface area contributed by atoms with Gasteiger partial charge in [-0.15, -0.1) is 0 Å². The van der Waals surface area contributed by atoms with E-state index in [1.54, 1.807) is 0 Å². The maximum absolute atomic E-state index is 14.8. The van der Waals surface area contributed by atoms with E-state index in [2.05, 4.69) is 26.8 Å². The number of rotatable bonds is 1. The summed E-state index contributed by atoms with van der Waals surface area (Å²) >= 11 is 0. The highest BCUT2D eigenvalue weighted by Crippen LogP contribution is 2.58. The van der Waals surface area contributed by atoms with Gasteiger partial charge in [-0.1, -0.05) is 32.9 Å². The number of nitriles is 3. The lowest BCUT2D eigenvalue weighted by Gasteiger charge is -2.47. The molecule has 0 amide bonds. The van der Waals surface area contributed by atoms with Crippen LogP contribution in [0.3, 0.4) is 0 Å². The lowest BCUT2D eigenvalue weighted by Crippen LogP contribution is -2.44. The van der Waals surface area contributed by atoms with Crippen LogP contribution in [0.25, 0.3) is 0 Å². The molecule has 0 bridgehead atoms. The number of allylic oxidation sites excluding steroid dienone is 4. The molecule has 0 heterocycles. The van der Waals surface area contributed by atoms with Crippen molar-refractivity contribution in [3.63, 3.8) is 0 Å². The molecule has 0 saturated heterocycles. The van der Waals surface area contributed by atoms with Gasteiger partial charge < -0.3 is 5.73 Å². The Morgan fingerprint density at radius 2 is 1.79 bits per heavy atom. The van der Waals surface area contributed by atoms with Gasteiger partial charge in [-0.3, -0.25) is 0 Å². The molecule has 4 nitrogen and oxygen atoms in total. The number of fused-ring (bicyclic) bond motifs is 1. The second-order valence-electron chi connectivity index (χ2n) is 8.88. The van der Waals surface area contributed by atoms with Gasteiger partial charge in [-0.25, -0.2) is 8.78 Å². The van der Waals surface area contributed by atoms with E-state index in [1.165, 1.54) is 6.07 Å². The standard InChI is InChI=1S/C23H22F2N4/c1-22(2,3)13-4-6-15-17(8-13)20(16-7-5-14(24)9-19(16)25)23(11-27,12-28)21(29)18(15)10-26/h5-7,9,13,17,20H,4,8,29H2,1-3H3/t13-,17-,20+/m1/s1. The van der Waals surface area contributed by atoms with Gasteiger partial charge in [0.1, 0.15) is 17.7 Å². The smallest absolute Gasteiger partial charge is 0.191 e. The molecule has 2 aliphatic carbocycles. The van der Waals surface area contributed by atoms with Crippen LogP contribution < -0.4 is 5.73 Å². The van der Waals surface area contributed by atoms with Crippen LogP contribution in [-0.4, -0.2) is 0 Å². The third kappa shape index (κ3) is 3.08. The molecule has 0 radical (unpaired) electrons. The van der Waals surface area contributed by atoms with Gasteiger partial charge in [0.2, 0.25) is 0 Å². The summed E-state index contributed by atoms with van der Waals surface area (Å²) in [5.74, 6) is -2.75. The molecule has 0 aromatic heterocycles. The molecule has 2 aliphatic rings. The van der Waals surface area contributed by atoms with E-state index in [0.29, 0.717) is 12.0 Å². The predicted octanol–water partition coefficient (Wildman–Crippen LogP) is 4.83. The van der Waals surface area contributed by atoms with E-state index in [0.717, 1.165) is 18.6 Å². The van der Waals surface area contributed by atoms with Crippen molar-refractivity contribution < 1.29 is 8.78 Å². The fourth-order valence-electron chi connectivity index (χ4n) is 4.70. The SMILES string of the molecule is CC(C)(C)[C@@H]1CC=C2C(C#N)=C(N)C(C#N)(C#N)[C@@H](c3ccc(F)cc3F)[C@@H]2C1. The highest BCUT2D eigenvalue weighted by atomic mass is 19.1. The molecule has 0 saturated carbocycles. The van der Waals surface area contributed by atoms with Gasteiger partial charge in [0.25, 0.3) is 0 Å². The van der Waals surface area contributed by atoms with E-state index in [-0.39, 0.29) is 28.2 Å². The van der Waals surface area contributed by atoms with Crippen molar-refractivity contribution in [1.82, 2.24) is 0 Å². The minimum atomic E-state index is -1.91. The fourth-order valence-corrected chi connectivity index (χ4v) is 4.70. The maximum Gasteiger partial charge on any atom is 0.191 e. The van der Waals surface area contributed by atoms with Gasteiger partial charge >= 0.3 is 0 Å². The molecule has 0 spiro atoms. The molecule has 0 fully saturated rings. The summed E-state index contributed by atoms with van der Waals surface area (Å²) in [5, 5.41) is 29.7. The zero-order valence-corrected chi connectivity index (χ0v) is 16.6. The fraction of sp³-hybridized carbons (Fsp3) is 0.435. The minimum Gasteiger partial charge on any atom is -0.399 e. The van der Waals surface area contributed by atoms with Crippen molar-refractivity contribution in [3.05, 3.63) is 58.3 Å². The summed E-state index contributed by atoms with van der Waals surface area (Å²) < 4.78 is 28.4. The summed E-state index contributed by atoms with van der Waals surface area (Å²) in [5.41, 5.74) is 4.92. The Balaban J connectivity index is 2.34. The lowest BCUT2D eigenvalue weighted by atomic mass is 9.54. The largest absolute Gasteiger partial charge is 0.399 e. The Morgan fingerprint density at radius 3 is 2.31 bits per heavy atom. The quantitative estimate of drug-likeness (QED) is 0.740. The maximum atomic E-state index is 14.8. The van der Waals surface area contributed by atoms with Gasteiger partial charge in [0.05, 0.1) is 23.4 Å². The molecule has 1 aromatic carbocycles. The number of hydrogen-bond donors (Lipinski definition) is 1. The minimum absolute atomic E-state index is 0.0601. The molecule has 0 aliphatic heterocycles. The van der Waals surface area contributed by atoms with Gasteiger partial charge in [-0.05, 0) is 47.3 Å².